The first-order chi connectivity index (χ1) is 8.12. The molecule has 0 fully saturated rings. The van der Waals surface area contributed by atoms with Crippen LogP contribution in [0.4, 0.5) is 0 Å². The Hall–Kier alpha value is -0.520. The fourth-order valence-electron chi connectivity index (χ4n) is 0.981. The molecule has 0 aliphatic carbocycles. The zero-order valence-electron chi connectivity index (χ0n) is 15.4. The van der Waals surface area contributed by atoms with Crippen molar-refractivity contribution >= 4 is 0 Å². The Bertz CT molecular complexity index is 253. The van der Waals surface area contributed by atoms with Crippen LogP contribution in [0.1, 0.15) is 76.2 Å². The molecule has 0 radical (unpaired) electrons. The second kappa shape index (κ2) is 7.92. The molecule has 0 aromatic rings. The van der Waals surface area contributed by atoms with Crippen LogP contribution in [0.25, 0.3) is 0 Å². The molecule has 0 N–H and O–H groups in total. The van der Waals surface area contributed by atoms with Crippen molar-refractivity contribution in [3.63, 3.8) is 0 Å². The van der Waals surface area contributed by atoms with Crippen molar-refractivity contribution < 1.29 is 0 Å². The standard InChI is InChI=1S/C10H20.C9H18/c1-9(2,3)7-8-10(4,5)6;1-8(2)6-7-9(3,4)5/h7-8H,1-6H3;6-8H,1-5H3. The first-order valence-electron chi connectivity index (χ1n) is 7.52. The lowest BCUT2D eigenvalue weighted by molar-refractivity contribution is 0.502. The van der Waals surface area contributed by atoms with Gasteiger partial charge in [0.15, 0.2) is 0 Å². The summed E-state index contributed by atoms with van der Waals surface area (Å²) in [4.78, 5) is 0. The Kier molecular flexibility index (Phi) is 8.67. The topological polar surface area (TPSA) is 0 Å². The summed E-state index contributed by atoms with van der Waals surface area (Å²) < 4.78 is 0. The summed E-state index contributed by atoms with van der Waals surface area (Å²) in [5.41, 5.74) is 1.00. The van der Waals surface area contributed by atoms with E-state index >= 15 is 0 Å². The minimum atomic E-state index is 0.327. The van der Waals surface area contributed by atoms with Crippen LogP contribution in [-0.2, 0) is 0 Å². The summed E-state index contributed by atoms with van der Waals surface area (Å²) in [5, 5.41) is 0. The van der Waals surface area contributed by atoms with E-state index in [0.29, 0.717) is 22.2 Å². The minimum absolute atomic E-state index is 0.327. The molecule has 0 heterocycles. The Morgan fingerprint density at radius 3 is 0.895 bits per heavy atom. The maximum atomic E-state index is 2.27. The van der Waals surface area contributed by atoms with Gasteiger partial charge in [-0.15, -0.1) is 0 Å². The van der Waals surface area contributed by atoms with Crippen LogP contribution in [0, 0.1) is 22.2 Å². The van der Waals surface area contributed by atoms with Gasteiger partial charge in [-0.05, 0) is 22.2 Å². The molecule has 0 nitrogen and oxygen atoms in total. The third-order valence-electron chi connectivity index (χ3n) is 2.06. The van der Waals surface area contributed by atoms with Crippen LogP contribution < -0.4 is 0 Å². The third-order valence-corrected chi connectivity index (χ3v) is 2.06. The van der Waals surface area contributed by atoms with Gasteiger partial charge in [-0.2, -0.15) is 0 Å². The molecule has 19 heavy (non-hydrogen) atoms. The lowest BCUT2D eigenvalue weighted by atomic mass is 9.89. The number of allylic oxidation sites excluding steroid dienone is 4. The van der Waals surface area contributed by atoms with Crippen LogP contribution in [0.5, 0.6) is 0 Å². The van der Waals surface area contributed by atoms with Gasteiger partial charge in [0.1, 0.15) is 0 Å². The van der Waals surface area contributed by atoms with Gasteiger partial charge in [-0.25, -0.2) is 0 Å². The lowest BCUT2D eigenvalue weighted by Crippen LogP contribution is -2.04. The Morgan fingerprint density at radius 2 is 0.789 bits per heavy atom. The lowest BCUT2D eigenvalue weighted by Gasteiger charge is -2.17. The third kappa shape index (κ3) is 26.9. The molecule has 0 aromatic heterocycles. The minimum Gasteiger partial charge on any atom is -0.0854 e. The Balaban J connectivity index is 0. The zero-order valence-corrected chi connectivity index (χ0v) is 15.4. The van der Waals surface area contributed by atoms with Crippen molar-refractivity contribution in [3.05, 3.63) is 24.3 Å². The van der Waals surface area contributed by atoms with Crippen LogP contribution in [0.15, 0.2) is 24.3 Å². The first kappa shape index (κ1) is 20.8. The molecular formula is C19H38. The molecule has 0 amide bonds. The summed E-state index contributed by atoms with van der Waals surface area (Å²) in [5.74, 6) is 0.684. The quantitative estimate of drug-likeness (QED) is 0.454. The molecule has 0 bridgehead atoms. The molecule has 0 unspecified atom stereocenters. The predicted octanol–water partition coefficient (Wildman–Crippen LogP) is 6.88. The van der Waals surface area contributed by atoms with Crippen LogP contribution >= 0.6 is 0 Å². The maximum absolute atomic E-state index is 2.27. The largest absolute Gasteiger partial charge is 0.0854 e. The van der Waals surface area contributed by atoms with E-state index in [2.05, 4.69) is 100 Å². The van der Waals surface area contributed by atoms with Gasteiger partial charge in [-0.3, -0.25) is 0 Å². The van der Waals surface area contributed by atoms with Crippen molar-refractivity contribution in [1.82, 2.24) is 0 Å². The monoisotopic (exact) mass is 266 g/mol. The van der Waals surface area contributed by atoms with Crippen molar-refractivity contribution in [2.24, 2.45) is 22.2 Å². The van der Waals surface area contributed by atoms with E-state index in [-0.39, 0.29) is 0 Å². The second-order valence-corrected chi connectivity index (χ2v) is 9.03. The second-order valence-electron chi connectivity index (χ2n) is 9.03. The molecule has 0 saturated carbocycles. The molecule has 0 atom stereocenters. The maximum Gasteiger partial charge on any atom is -0.0203 e. The van der Waals surface area contributed by atoms with Crippen LogP contribution in [0.3, 0.4) is 0 Å². The molecule has 0 aromatic carbocycles. The predicted molar refractivity (Wildman–Crippen MR) is 91.5 cm³/mol. The van der Waals surface area contributed by atoms with Gasteiger partial charge in [0.2, 0.25) is 0 Å². The average Bonchev–Trinajstić information content (AvgIpc) is 2.10. The molecule has 114 valence electrons. The van der Waals surface area contributed by atoms with Gasteiger partial charge in [-0.1, -0.05) is 100 Å². The highest BCUT2D eigenvalue weighted by Crippen LogP contribution is 2.21. The van der Waals surface area contributed by atoms with Gasteiger partial charge < -0.3 is 0 Å². The molecule has 0 rings (SSSR count). The fourth-order valence-corrected chi connectivity index (χ4v) is 0.981. The normalized spacial score (nSPS) is 14.1. The molecule has 0 aliphatic heterocycles. The first-order valence-corrected chi connectivity index (χ1v) is 7.52. The summed E-state index contributed by atoms with van der Waals surface area (Å²) >= 11 is 0. The van der Waals surface area contributed by atoms with Gasteiger partial charge in [0.25, 0.3) is 0 Å². The molecule has 0 saturated heterocycles. The molecular weight excluding hydrogens is 228 g/mol. The molecule has 0 aliphatic rings. The van der Waals surface area contributed by atoms with Crippen molar-refractivity contribution in [2.45, 2.75) is 76.2 Å². The van der Waals surface area contributed by atoms with Crippen LogP contribution in [0.2, 0.25) is 0 Å². The van der Waals surface area contributed by atoms with E-state index in [4.69, 9.17) is 0 Å². The smallest absolute Gasteiger partial charge is 0.0203 e. The highest BCUT2D eigenvalue weighted by molar-refractivity contribution is 4.98. The van der Waals surface area contributed by atoms with Crippen molar-refractivity contribution in [3.8, 4) is 0 Å². The van der Waals surface area contributed by atoms with Gasteiger partial charge in [0.05, 0.1) is 0 Å². The van der Waals surface area contributed by atoms with E-state index in [1.165, 1.54) is 0 Å². The highest BCUT2D eigenvalue weighted by atomic mass is 14.1. The van der Waals surface area contributed by atoms with Crippen LogP contribution in [-0.4, -0.2) is 0 Å². The summed E-state index contributed by atoms with van der Waals surface area (Å²) in [6.45, 7) is 24.3. The van der Waals surface area contributed by atoms with Gasteiger partial charge in [0, 0.05) is 0 Å². The van der Waals surface area contributed by atoms with E-state index in [0.717, 1.165) is 0 Å². The van der Waals surface area contributed by atoms with E-state index < -0.39 is 0 Å². The van der Waals surface area contributed by atoms with Crippen molar-refractivity contribution in [1.29, 1.82) is 0 Å². The summed E-state index contributed by atoms with van der Waals surface area (Å²) in [6, 6.07) is 0. The Morgan fingerprint density at radius 1 is 0.526 bits per heavy atom. The fraction of sp³-hybridized carbons (Fsp3) is 0.789. The Labute approximate surface area is 123 Å². The zero-order chi connectivity index (χ0) is 15.9. The summed E-state index contributed by atoms with van der Waals surface area (Å²) in [7, 11) is 0. The SMILES string of the molecule is CC(C)(C)C=CC(C)(C)C.CC(C)C=CC(C)(C)C. The molecule has 0 spiro atoms. The van der Waals surface area contributed by atoms with E-state index in [9.17, 15) is 0 Å². The van der Waals surface area contributed by atoms with Crippen molar-refractivity contribution in [2.75, 3.05) is 0 Å². The van der Waals surface area contributed by atoms with Gasteiger partial charge >= 0.3 is 0 Å². The average molecular weight is 267 g/mol. The number of rotatable bonds is 1. The van der Waals surface area contributed by atoms with E-state index in [1.54, 1.807) is 0 Å². The molecule has 0 heteroatoms. The number of hydrogen-bond acceptors (Lipinski definition) is 0. The summed E-state index contributed by atoms with van der Waals surface area (Å²) in [6.07, 6.45) is 9.05. The number of hydrogen-bond donors (Lipinski definition) is 0. The highest BCUT2D eigenvalue weighted by Gasteiger charge is 2.08. The van der Waals surface area contributed by atoms with E-state index in [1.807, 2.05) is 0 Å².